The van der Waals surface area contributed by atoms with E-state index in [1.807, 2.05) is 25.2 Å². The first-order valence-corrected chi connectivity index (χ1v) is 5.55. The number of carbonyl (C=O) groups is 1. The van der Waals surface area contributed by atoms with Gasteiger partial charge < -0.3 is 10.2 Å². The zero-order chi connectivity index (χ0) is 10.1. The Morgan fingerprint density at radius 1 is 1.57 bits per heavy atom. The Morgan fingerprint density at radius 3 is 3.00 bits per heavy atom. The number of nitrogens with zero attached hydrogens (tertiary/aromatic N) is 1. The van der Waals surface area contributed by atoms with Crippen molar-refractivity contribution in [3.05, 3.63) is 23.8 Å². The van der Waals surface area contributed by atoms with Crippen LogP contribution in [-0.4, -0.2) is 18.4 Å². The van der Waals surface area contributed by atoms with E-state index in [2.05, 4.69) is 21.2 Å². The molecule has 1 N–H and O–H groups in total. The summed E-state index contributed by atoms with van der Waals surface area (Å²) < 4.78 is 0. The van der Waals surface area contributed by atoms with E-state index in [4.69, 9.17) is 0 Å². The van der Waals surface area contributed by atoms with Gasteiger partial charge in [-0.25, -0.2) is 0 Å². The number of hydrogen-bond acceptors (Lipinski definition) is 2. The quantitative estimate of drug-likeness (QED) is 0.647. The standard InChI is InChI=1S/C10H11BrN2O/c1-12-8-2-3-9-7(4-8)5-10(14)13(9)6-11/h2-4,12H,5-6H2,1H3. The third-order valence-electron chi connectivity index (χ3n) is 2.42. The van der Waals surface area contributed by atoms with E-state index in [1.165, 1.54) is 0 Å². The van der Waals surface area contributed by atoms with Crippen molar-refractivity contribution in [1.82, 2.24) is 0 Å². The maximum atomic E-state index is 11.5. The Kier molecular flexibility index (Phi) is 2.46. The number of amides is 1. The summed E-state index contributed by atoms with van der Waals surface area (Å²) in [7, 11) is 1.88. The largest absolute Gasteiger partial charge is 0.388 e. The van der Waals surface area contributed by atoms with Gasteiger partial charge in [0.25, 0.3) is 0 Å². The molecule has 74 valence electrons. The number of anilines is 2. The number of carbonyl (C=O) groups excluding carboxylic acids is 1. The van der Waals surface area contributed by atoms with Crippen LogP contribution in [-0.2, 0) is 11.2 Å². The zero-order valence-corrected chi connectivity index (χ0v) is 9.47. The second kappa shape index (κ2) is 3.61. The lowest BCUT2D eigenvalue weighted by atomic mass is 10.1. The average molecular weight is 255 g/mol. The molecule has 1 amide bonds. The van der Waals surface area contributed by atoms with Gasteiger partial charge in [-0.15, -0.1) is 0 Å². The molecule has 1 aliphatic heterocycles. The third kappa shape index (κ3) is 1.39. The summed E-state index contributed by atoms with van der Waals surface area (Å²) in [4.78, 5) is 13.3. The Balaban J connectivity index is 2.42. The van der Waals surface area contributed by atoms with Crippen LogP contribution in [0.3, 0.4) is 0 Å². The number of hydrogen-bond donors (Lipinski definition) is 1. The van der Waals surface area contributed by atoms with Crippen molar-refractivity contribution < 1.29 is 4.79 Å². The highest BCUT2D eigenvalue weighted by molar-refractivity contribution is 9.09. The Bertz CT molecular complexity index is 378. The van der Waals surface area contributed by atoms with Crippen LogP contribution in [0.1, 0.15) is 5.56 Å². The molecule has 0 spiro atoms. The summed E-state index contributed by atoms with van der Waals surface area (Å²) >= 11 is 3.31. The fraction of sp³-hybridized carbons (Fsp3) is 0.300. The van der Waals surface area contributed by atoms with Gasteiger partial charge in [-0.2, -0.15) is 0 Å². The Labute approximate surface area is 91.2 Å². The van der Waals surface area contributed by atoms with Gasteiger partial charge in [0.1, 0.15) is 0 Å². The van der Waals surface area contributed by atoms with E-state index in [0.29, 0.717) is 11.9 Å². The summed E-state index contributed by atoms with van der Waals surface area (Å²) in [5.41, 5.74) is 3.73. The predicted octanol–water partition coefficient (Wildman–Crippen LogP) is 1.97. The van der Waals surface area contributed by atoms with Gasteiger partial charge >= 0.3 is 0 Å². The second-order valence-corrected chi connectivity index (χ2v) is 3.71. The molecule has 14 heavy (non-hydrogen) atoms. The van der Waals surface area contributed by atoms with Crippen LogP contribution in [0.15, 0.2) is 18.2 Å². The number of nitrogens with one attached hydrogen (secondary N) is 1. The normalized spacial score (nSPS) is 14.4. The number of alkyl halides is 1. The van der Waals surface area contributed by atoms with Crippen molar-refractivity contribution in [2.75, 3.05) is 22.7 Å². The molecule has 1 aromatic rings. The number of halogens is 1. The minimum absolute atomic E-state index is 0.158. The molecule has 0 radical (unpaired) electrons. The Hall–Kier alpha value is -1.03. The third-order valence-corrected chi connectivity index (χ3v) is 2.92. The highest BCUT2D eigenvalue weighted by atomic mass is 79.9. The lowest BCUT2D eigenvalue weighted by Gasteiger charge is -2.13. The van der Waals surface area contributed by atoms with E-state index in [9.17, 15) is 4.79 Å². The molecule has 3 nitrogen and oxygen atoms in total. The minimum atomic E-state index is 0.158. The van der Waals surface area contributed by atoms with Crippen molar-refractivity contribution >= 4 is 33.2 Å². The van der Waals surface area contributed by atoms with E-state index < -0.39 is 0 Å². The predicted molar refractivity (Wildman–Crippen MR) is 61.0 cm³/mol. The van der Waals surface area contributed by atoms with Gasteiger partial charge in [0.2, 0.25) is 5.91 Å². The van der Waals surface area contributed by atoms with Crippen LogP contribution in [0.5, 0.6) is 0 Å². The number of fused-ring (bicyclic) bond motifs is 1. The smallest absolute Gasteiger partial charge is 0.232 e. The van der Waals surface area contributed by atoms with Gasteiger partial charge in [0, 0.05) is 18.4 Å². The van der Waals surface area contributed by atoms with Gasteiger partial charge in [0.05, 0.1) is 11.9 Å². The first kappa shape index (κ1) is 9.52. The maximum absolute atomic E-state index is 11.5. The van der Waals surface area contributed by atoms with Crippen LogP contribution in [0, 0.1) is 0 Å². The highest BCUT2D eigenvalue weighted by Gasteiger charge is 2.25. The molecule has 2 rings (SSSR count). The van der Waals surface area contributed by atoms with Gasteiger partial charge in [-0.05, 0) is 23.8 Å². The molecular weight excluding hydrogens is 244 g/mol. The fourth-order valence-corrected chi connectivity index (χ4v) is 2.22. The molecule has 0 aliphatic carbocycles. The Morgan fingerprint density at radius 2 is 2.36 bits per heavy atom. The van der Waals surface area contributed by atoms with Crippen molar-refractivity contribution in [2.45, 2.75) is 6.42 Å². The van der Waals surface area contributed by atoms with Crippen LogP contribution in [0.2, 0.25) is 0 Å². The topological polar surface area (TPSA) is 32.3 Å². The minimum Gasteiger partial charge on any atom is -0.388 e. The summed E-state index contributed by atoms with van der Waals surface area (Å²) in [5, 5.41) is 3.06. The molecule has 0 unspecified atom stereocenters. The molecule has 0 aromatic heterocycles. The van der Waals surface area contributed by atoms with Gasteiger partial charge in [-0.3, -0.25) is 4.79 Å². The van der Waals surface area contributed by atoms with Crippen LogP contribution in [0.4, 0.5) is 11.4 Å². The molecule has 0 atom stereocenters. The number of benzene rings is 1. The first-order chi connectivity index (χ1) is 6.76. The number of rotatable bonds is 2. The maximum Gasteiger partial charge on any atom is 0.232 e. The zero-order valence-electron chi connectivity index (χ0n) is 7.88. The molecule has 0 bridgehead atoms. The molecule has 0 fully saturated rings. The summed E-state index contributed by atoms with van der Waals surface area (Å²) in [5.74, 6) is 0.158. The van der Waals surface area contributed by atoms with Crippen LogP contribution < -0.4 is 10.2 Å². The van der Waals surface area contributed by atoms with Crippen molar-refractivity contribution in [3.63, 3.8) is 0 Å². The molecular formula is C10H11BrN2O. The monoisotopic (exact) mass is 254 g/mol. The lowest BCUT2D eigenvalue weighted by molar-refractivity contribution is -0.117. The average Bonchev–Trinajstić information content (AvgIpc) is 2.51. The molecule has 0 saturated heterocycles. The second-order valence-electron chi connectivity index (χ2n) is 3.21. The molecule has 1 heterocycles. The van der Waals surface area contributed by atoms with E-state index >= 15 is 0 Å². The van der Waals surface area contributed by atoms with E-state index in [-0.39, 0.29) is 5.91 Å². The van der Waals surface area contributed by atoms with Crippen molar-refractivity contribution in [1.29, 1.82) is 0 Å². The summed E-state index contributed by atoms with van der Waals surface area (Å²) in [6.07, 6.45) is 0.510. The molecule has 1 aliphatic rings. The highest BCUT2D eigenvalue weighted by Crippen LogP contribution is 2.31. The van der Waals surface area contributed by atoms with Crippen LogP contribution >= 0.6 is 15.9 Å². The molecule has 4 heteroatoms. The lowest BCUT2D eigenvalue weighted by Crippen LogP contribution is -2.24. The van der Waals surface area contributed by atoms with Crippen LogP contribution in [0.25, 0.3) is 0 Å². The van der Waals surface area contributed by atoms with Crippen molar-refractivity contribution in [3.8, 4) is 0 Å². The van der Waals surface area contributed by atoms with Gasteiger partial charge in [-0.1, -0.05) is 15.9 Å². The molecule has 1 aromatic carbocycles. The van der Waals surface area contributed by atoms with Gasteiger partial charge in [0.15, 0.2) is 0 Å². The summed E-state index contributed by atoms with van der Waals surface area (Å²) in [6, 6.07) is 5.98. The first-order valence-electron chi connectivity index (χ1n) is 4.43. The summed E-state index contributed by atoms with van der Waals surface area (Å²) in [6.45, 7) is 0. The van der Waals surface area contributed by atoms with Crippen molar-refractivity contribution in [2.24, 2.45) is 0 Å². The SMILES string of the molecule is CNc1ccc2c(c1)CC(=O)N2CBr. The van der Waals surface area contributed by atoms with E-state index in [0.717, 1.165) is 16.9 Å². The molecule has 0 saturated carbocycles. The van der Waals surface area contributed by atoms with E-state index in [1.54, 1.807) is 4.90 Å². The fourth-order valence-electron chi connectivity index (χ4n) is 1.67.